The summed E-state index contributed by atoms with van der Waals surface area (Å²) in [6.45, 7) is 4.85. The van der Waals surface area contributed by atoms with E-state index in [-0.39, 0.29) is 11.5 Å². The Kier molecular flexibility index (Phi) is 5.69. The lowest BCUT2D eigenvalue weighted by Crippen LogP contribution is -2.27. The van der Waals surface area contributed by atoms with E-state index in [1.54, 1.807) is 23.2 Å². The van der Waals surface area contributed by atoms with Crippen LogP contribution in [0.2, 0.25) is 0 Å². The van der Waals surface area contributed by atoms with Crippen molar-refractivity contribution in [3.05, 3.63) is 80.6 Å². The van der Waals surface area contributed by atoms with E-state index in [1.807, 2.05) is 50.2 Å². The van der Waals surface area contributed by atoms with Crippen molar-refractivity contribution in [3.63, 3.8) is 0 Å². The van der Waals surface area contributed by atoms with Crippen LogP contribution in [0.3, 0.4) is 0 Å². The number of amides is 1. The number of thioether (sulfide) groups is 1. The van der Waals surface area contributed by atoms with Crippen molar-refractivity contribution in [2.24, 2.45) is 0 Å². The highest BCUT2D eigenvalue weighted by atomic mass is 32.2. The van der Waals surface area contributed by atoms with Crippen LogP contribution < -0.4 is 10.9 Å². The van der Waals surface area contributed by atoms with Gasteiger partial charge in [0.15, 0.2) is 0 Å². The molecule has 1 aromatic carbocycles. The molecular formula is C22H20N4O2S2. The molecule has 0 spiro atoms. The normalized spacial score (nSPS) is 15.4. The van der Waals surface area contributed by atoms with Crippen LogP contribution in [0.15, 0.2) is 58.4 Å². The van der Waals surface area contributed by atoms with Gasteiger partial charge >= 0.3 is 0 Å². The molecule has 0 bridgehead atoms. The molecule has 1 amide bonds. The number of hydrogen-bond donors (Lipinski definition) is 1. The fraction of sp³-hybridized carbons (Fsp3) is 0.182. The van der Waals surface area contributed by atoms with E-state index >= 15 is 0 Å². The average molecular weight is 437 g/mol. The maximum atomic E-state index is 13.2. The number of thiocarbonyl (C=S) groups is 1. The Morgan fingerprint density at radius 2 is 1.93 bits per heavy atom. The number of anilines is 1. The van der Waals surface area contributed by atoms with Crippen molar-refractivity contribution < 1.29 is 4.79 Å². The summed E-state index contributed by atoms with van der Waals surface area (Å²) < 4.78 is 1.98. The zero-order valence-corrected chi connectivity index (χ0v) is 18.2. The van der Waals surface area contributed by atoms with Crippen molar-refractivity contribution in [3.8, 4) is 0 Å². The van der Waals surface area contributed by atoms with Gasteiger partial charge in [0, 0.05) is 12.7 Å². The molecule has 0 saturated carbocycles. The van der Waals surface area contributed by atoms with Gasteiger partial charge in [-0.1, -0.05) is 60.4 Å². The van der Waals surface area contributed by atoms with Gasteiger partial charge in [-0.15, -0.1) is 0 Å². The molecule has 1 saturated heterocycles. The molecule has 4 rings (SSSR count). The van der Waals surface area contributed by atoms with E-state index in [9.17, 15) is 9.59 Å². The highest BCUT2D eigenvalue weighted by Crippen LogP contribution is 2.34. The number of rotatable bonds is 5. The van der Waals surface area contributed by atoms with E-state index < -0.39 is 0 Å². The van der Waals surface area contributed by atoms with Crippen LogP contribution in [-0.4, -0.2) is 31.1 Å². The van der Waals surface area contributed by atoms with Crippen LogP contribution in [0.25, 0.3) is 11.7 Å². The third-order valence-corrected chi connectivity index (χ3v) is 6.06. The zero-order chi connectivity index (χ0) is 21.3. The largest absolute Gasteiger partial charge is 0.370 e. The molecule has 0 atom stereocenters. The van der Waals surface area contributed by atoms with Crippen LogP contribution in [0, 0.1) is 6.92 Å². The lowest BCUT2D eigenvalue weighted by Gasteiger charge is -2.14. The van der Waals surface area contributed by atoms with Gasteiger partial charge in [-0.3, -0.25) is 18.9 Å². The van der Waals surface area contributed by atoms with E-state index in [2.05, 4.69) is 10.3 Å². The monoisotopic (exact) mass is 436 g/mol. The summed E-state index contributed by atoms with van der Waals surface area (Å²) in [5.41, 5.74) is 2.61. The van der Waals surface area contributed by atoms with Crippen molar-refractivity contribution in [1.29, 1.82) is 0 Å². The first-order valence-electron chi connectivity index (χ1n) is 9.54. The highest BCUT2D eigenvalue weighted by molar-refractivity contribution is 8.26. The number of fused-ring (bicyclic) bond motifs is 1. The Morgan fingerprint density at radius 1 is 1.17 bits per heavy atom. The van der Waals surface area contributed by atoms with Crippen molar-refractivity contribution in [1.82, 2.24) is 14.3 Å². The number of pyridine rings is 1. The lowest BCUT2D eigenvalue weighted by molar-refractivity contribution is -0.122. The van der Waals surface area contributed by atoms with Crippen LogP contribution in [0.1, 0.15) is 23.6 Å². The predicted octanol–water partition coefficient (Wildman–Crippen LogP) is 3.84. The number of benzene rings is 1. The summed E-state index contributed by atoms with van der Waals surface area (Å²) in [5.74, 6) is 0.254. The Balaban J connectivity index is 1.76. The minimum Gasteiger partial charge on any atom is -0.370 e. The van der Waals surface area contributed by atoms with Crippen molar-refractivity contribution in [2.45, 2.75) is 20.4 Å². The first-order valence-corrected chi connectivity index (χ1v) is 10.8. The van der Waals surface area contributed by atoms with E-state index in [0.29, 0.717) is 39.3 Å². The first kappa shape index (κ1) is 20.3. The van der Waals surface area contributed by atoms with Gasteiger partial charge in [-0.25, -0.2) is 4.98 Å². The second-order valence-electron chi connectivity index (χ2n) is 6.90. The number of carbonyl (C=O) groups is 1. The molecule has 152 valence electrons. The fourth-order valence-electron chi connectivity index (χ4n) is 3.22. The summed E-state index contributed by atoms with van der Waals surface area (Å²) in [7, 11) is 0. The number of carbonyl (C=O) groups excluding carboxylic acids is 1. The number of nitrogens with one attached hydrogen (secondary N) is 1. The Bertz CT molecular complexity index is 1240. The third kappa shape index (κ3) is 3.88. The molecule has 3 aromatic rings. The summed E-state index contributed by atoms with van der Waals surface area (Å²) in [6, 6.07) is 13.4. The second kappa shape index (κ2) is 8.41. The zero-order valence-electron chi connectivity index (χ0n) is 16.6. The summed E-state index contributed by atoms with van der Waals surface area (Å²) in [6.07, 6.45) is 3.35. The lowest BCUT2D eigenvalue weighted by atomic mass is 10.2. The van der Waals surface area contributed by atoms with Gasteiger partial charge in [0.25, 0.3) is 11.5 Å². The molecule has 1 fully saturated rings. The van der Waals surface area contributed by atoms with Gasteiger partial charge in [-0.2, -0.15) is 0 Å². The maximum Gasteiger partial charge on any atom is 0.267 e. The molecule has 6 nitrogen and oxygen atoms in total. The molecule has 3 heterocycles. The highest BCUT2D eigenvalue weighted by Gasteiger charge is 2.32. The molecule has 1 aliphatic rings. The number of aryl methyl sites for hydroxylation is 1. The molecule has 2 aromatic heterocycles. The predicted molar refractivity (Wildman–Crippen MR) is 126 cm³/mol. The molecule has 0 radical (unpaired) electrons. The van der Waals surface area contributed by atoms with E-state index in [1.165, 1.54) is 16.2 Å². The minimum absolute atomic E-state index is 0.204. The number of hydrogen-bond acceptors (Lipinski definition) is 6. The summed E-state index contributed by atoms with van der Waals surface area (Å²) >= 11 is 6.64. The Morgan fingerprint density at radius 3 is 2.67 bits per heavy atom. The average Bonchev–Trinajstić information content (AvgIpc) is 3.00. The van der Waals surface area contributed by atoms with Crippen LogP contribution in [-0.2, 0) is 11.3 Å². The molecular weight excluding hydrogens is 416 g/mol. The van der Waals surface area contributed by atoms with Gasteiger partial charge in [0.1, 0.15) is 15.8 Å². The molecule has 0 aliphatic carbocycles. The van der Waals surface area contributed by atoms with E-state index in [0.717, 1.165) is 11.1 Å². The maximum absolute atomic E-state index is 13.2. The summed E-state index contributed by atoms with van der Waals surface area (Å²) in [5, 5.41) is 3.14. The van der Waals surface area contributed by atoms with Gasteiger partial charge in [0.05, 0.1) is 17.0 Å². The summed E-state index contributed by atoms with van der Waals surface area (Å²) in [4.78, 5) is 32.8. The standard InChI is InChI=1S/C22H20N4O2S2/c1-3-23-19-16(20(27)25-12-14(2)9-10-18(25)24-19)11-17-21(28)26(22(29)30-17)13-15-7-5-4-6-8-15/h4-12,23H,3,13H2,1-2H3. The van der Waals surface area contributed by atoms with Crippen LogP contribution in [0.5, 0.6) is 0 Å². The first-order chi connectivity index (χ1) is 14.5. The molecule has 8 heteroatoms. The quantitative estimate of drug-likeness (QED) is 0.484. The molecule has 0 unspecified atom stereocenters. The van der Waals surface area contributed by atoms with Crippen molar-refractivity contribution >= 4 is 51.7 Å². The SMILES string of the molecule is CCNc1nc2ccc(C)cn2c(=O)c1C=C1SC(=S)N(Cc2ccccc2)C1=O. The minimum atomic E-state index is -0.229. The van der Waals surface area contributed by atoms with Gasteiger partial charge in [0.2, 0.25) is 0 Å². The molecule has 30 heavy (non-hydrogen) atoms. The van der Waals surface area contributed by atoms with Gasteiger partial charge in [-0.05, 0) is 37.1 Å². The molecule has 1 aliphatic heterocycles. The van der Waals surface area contributed by atoms with Crippen LogP contribution >= 0.6 is 24.0 Å². The smallest absolute Gasteiger partial charge is 0.267 e. The van der Waals surface area contributed by atoms with Crippen LogP contribution in [0.4, 0.5) is 5.82 Å². The van der Waals surface area contributed by atoms with E-state index in [4.69, 9.17) is 12.2 Å². The second-order valence-corrected chi connectivity index (χ2v) is 8.57. The number of nitrogens with zero attached hydrogens (tertiary/aromatic N) is 3. The third-order valence-electron chi connectivity index (χ3n) is 4.68. The fourth-order valence-corrected chi connectivity index (χ4v) is 4.46. The number of aromatic nitrogens is 2. The Hall–Kier alpha value is -2.97. The topological polar surface area (TPSA) is 66.7 Å². The molecule has 1 N–H and O–H groups in total. The Labute approximate surface area is 183 Å². The van der Waals surface area contributed by atoms with Gasteiger partial charge < -0.3 is 5.32 Å². The van der Waals surface area contributed by atoms with Crippen molar-refractivity contribution in [2.75, 3.05) is 11.9 Å².